The number of aryl methyl sites for hydroxylation is 2. The van der Waals surface area contributed by atoms with Crippen molar-refractivity contribution in [1.29, 1.82) is 0 Å². The molecule has 0 aromatic heterocycles. The average molecular weight is 244 g/mol. The van der Waals surface area contributed by atoms with Crippen LogP contribution in [0.3, 0.4) is 0 Å². The average Bonchev–Trinajstić information content (AvgIpc) is 2.32. The molecule has 0 saturated carbocycles. The van der Waals surface area contributed by atoms with Crippen molar-refractivity contribution >= 4 is 11.8 Å². The third-order valence-electron chi connectivity index (χ3n) is 2.75. The van der Waals surface area contributed by atoms with Crippen LogP contribution in [0.25, 0.3) is 0 Å². The fraction of sp³-hybridized carbons (Fsp3) is 0.200. The maximum Gasteiger partial charge on any atom is 0.129 e. The van der Waals surface area contributed by atoms with Crippen LogP contribution in [0, 0.1) is 13.8 Å². The zero-order chi connectivity index (χ0) is 12.3. The summed E-state index contributed by atoms with van der Waals surface area (Å²) in [6, 6.07) is 14.0. The van der Waals surface area contributed by atoms with Crippen molar-refractivity contribution in [2.75, 3.05) is 0 Å². The lowest BCUT2D eigenvalue weighted by molar-refractivity contribution is 0.462. The summed E-state index contributed by atoms with van der Waals surface area (Å²) in [6.07, 6.45) is 0. The van der Waals surface area contributed by atoms with Crippen molar-refractivity contribution in [3.63, 3.8) is 0 Å². The summed E-state index contributed by atoms with van der Waals surface area (Å²) < 4.78 is 0. The molecule has 0 bridgehead atoms. The quantitative estimate of drug-likeness (QED) is 0.812. The number of hydrogen-bond acceptors (Lipinski definition) is 2. The molecule has 0 amide bonds. The van der Waals surface area contributed by atoms with Crippen LogP contribution in [0.2, 0.25) is 0 Å². The Morgan fingerprint density at radius 1 is 1.06 bits per heavy atom. The minimum Gasteiger partial charge on any atom is -0.507 e. The lowest BCUT2D eigenvalue weighted by Gasteiger charge is -2.08. The second-order valence-corrected chi connectivity index (χ2v) is 5.20. The molecule has 2 aromatic carbocycles. The van der Waals surface area contributed by atoms with Gasteiger partial charge in [0.25, 0.3) is 0 Å². The van der Waals surface area contributed by atoms with E-state index in [-0.39, 0.29) is 0 Å². The highest BCUT2D eigenvalue weighted by atomic mass is 32.2. The zero-order valence-electron chi connectivity index (χ0n) is 10.1. The Balaban J connectivity index is 2.12. The van der Waals surface area contributed by atoms with Gasteiger partial charge in [-0.25, -0.2) is 0 Å². The van der Waals surface area contributed by atoms with Gasteiger partial charge in [0.2, 0.25) is 0 Å². The van der Waals surface area contributed by atoms with Crippen molar-refractivity contribution in [3.8, 4) is 5.75 Å². The van der Waals surface area contributed by atoms with Crippen molar-refractivity contribution < 1.29 is 5.11 Å². The first-order valence-electron chi connectivity index (χ1n) is 5.64. The fourth-order valence-electron chi connectivity index (χ4n) is 1.69. The van der Waals surface area contributed by atoms with E-state index in [1.807, 2.05) is 18.2 Å². The highest BCUT2D eigenvalue weighted by Gasteiger charge is 2.03. The highest BCUT2D eigenvalue weighted by molar-refractivity contribution is 7.98. The predicted octanol–water partition coefficient (Wildman–Crippen LogP) is 4.30. The Labute approximate surface area is 107 Å². The van der Waals surface area contributed by atoms with Crippen LogP contribution >= 0.6 is 11.8 Å². The lowest BCUT2D eigenvalue weighted by atomic mass is 10.1. The van der Waals surface area contributed by atoms with Crippen LogP contribution in [0.15, 0.2) is 47.4 Å². The molecule has 88 valence electrons. The molecule has 17 heavy (non-hydrogen) atoms. The van der Waals surface area contributed by atoms with Gasteiger partial charge >= 0.3 is 0 Å². The van der Waals surface area contributed by atoms with E-state index in [0.29, 0.717) is 5.75 Å². The molecule has 0 saturated heterocycles. The van der Waals surface area contributed by atoms with Crippen LogP contribution in [-0.4, -0.2) is 5.11 Å². The molecule has 2 rings (SSSR count). The van der Waals surface area contributed by atoms with Gasteiger partial charge in [-0.3, -0.25) is 0 Å². The SMILES string of the molecule is Cc1ccc(C)c(CSc2ccccc2O)c1. The van der Waals surface area contributed by atoms with Crippen molar-refractivity contribution in [1.82, 2.24) is 0 Å². The monoisotopic (exact) mass is 244 g/mol. The van der Waals surface area contributed by atoms with E-state index in [4.69, 9.17) is 0 Å². The Hall–Kier alpha value is -1.41. The third-order valence-corrected chi connectivity index (χ3v) is 3.86. The zero-order valence-corrected chi connectivity index (χ0v) is 10.9. The molecule has 2 heteroatoms. The molecule has 0 atom stereocenters. The lowest BCUT2D eigenvalue weighted by Crippen LogP contribution is -1.87. The second kappa shape index (κ2) is 5.28. The number of thioether (sulfide) groups is 1. The molecule has 0 fully saturated rings. The largest absolute Gasteiger partial charge is 0.507 e. The van der Waals surface area contributed by atoms with Crippen LogP contribution in [0.5, 0.6) is 5.75 Å². The van der Waals surface area contributed by atoms with Gasteiger partial charge in [0.05, 0.1) is 0 Å². The first-order chi connectivity index (χ1) is 8.16. The molecule has 0 radical (unpaired) electrons. The maximum atomic E-state index is 9.69. The molecular weight excluding hydrogens is 228 g/mol. The molecule has 0 aliphatic heterocycles. The molecule has 0 unspecified atom stereocenters. The number of phenolic OH excluding ortho intramolecular Hbond substituents is 1. The highest BCUT2D eigenvalue weighted by Crippen LogP contribution is 2.31. The van der Waals surface area contributed by atoms with E-state index in [0.717, 1.165) is 10.6 Å². The van der Waals surface area contributed by atoms with Gasteiger partial charge in [-0.05, 0) is 37.1 Å². The molecule has 0 spiro atoms. The fourth-order valence-corrected chi connectivity index (χ4v) is 2.70. The van der Waals surface area contributed by atoms with Gasteiger partial charge in [0.1, 0.15) is 5.75 Å². The van der Waals surface area contributed by atoms with E-state index in [2.05, 4.69) is 32.0 Å². The smallest absolute Gasteiger partial charge is 0.129 e. The Bertz CT molecular complexity index is 520. The van der Waals surface area contributed by atoms with Crippen LogP contribution in [0.4, 0.5) is 0 Å². The van der Waals surface area contributed by atoms with Crippen LogP contribution in [-0.2, 0) is 5.75 Å². The van der Waals surface area contributed by atoms with Gasteiger partial charge in [-0.2, -0.15) is 0 Å². The summed E-state index contributed by atoms with van der Waals surface area (Å²) in [6.45, 7) is 4.23. The first kappa shape index (κ1) is 12.1. The van der Waals surface area contributed by atoms with Crippen molar-refractivity contribution in [2.45, 2.75) is 24.5 Å². The molecular formula is C15H16OS. The van der Waals surface area contributed by atoms with E-state index < -0.39 is 0 Å². The van der Waals surface area contributed by atoms with Gasteiger partial charge in [0.15, 0.2) is 0 Å². The summed E-state index contributed by atoms with van der Waals surface area (Å²) in [5.74, 6) is 1.26. The number of rotatable bonds is 3. The normalized spacial score (nSPS) is 10.5. The van der Waals surface area contributed by atoms with Gasteiger partial charge < -0.3 is 5.11 Å². The molecule has 0 aliphatic carbocycles. The molecule has 1 N–H and O–H groups in total. The van der Waals surface area contributed by atoms with Crippen LogP contribution < -0.4 is 0 Å². The summed E-state index contributed by atoms with van der Waals surface area (Å²) in [5.41, 5.74) is 3.92. The minimum atomic E-state index is 0.364. The van der Waals surface area contributed by atoms with E-state index in [1.54, 1.807) is 17.8 Å². The van der Waals surface area contributed by atoms with Gasteiger partial charge in [0, 0.05) is 10.6 Å². The van der Waals surface area contributed by atoms with Crippen molar-refractivity contribution in [3.05, 3.63) is 59.2 Å². The Morgan fingerprint density at radius 2 is 1.82 bits per heavy atom. The van der Waals surface area contributed by atoms with Crippen LogP contribution in [0.1, 0.15) is 16.7 Å². The summed E-state index contributed by atoms with van der Waals surface area (Å²) in [5, 5.41) is 9.69. The molecule has 0 heterocycles. The minimum absolute atomic E-state index is 0.364. The summed E-state index contributed by atoms with van der Waals surface area (Å²) in [7, 11) is 0. The first-order valence-corrected chi connectivity index (χ1v) is 6.62. The van der Waals surface area contributed by atoms with Crippen molar-refractivity contribution in [2.24, 2.45) is 0 Å². The summed E-state index contributed by atoms with van der Waals surface area (Å²) >= 11 is 1.67. The van der Waals surface area contributed by atoms with Gasteiger partial charge in [-0.1, -0.05) is 35.9 Å². The standard InChI is InChI=1S/C15H16OS/c1-11-7-8-12(2)13(9-11)10-17-15-6-4-3-5-14(15)16/h3-9,16H,10H2,1-2H3. The maximum absolute atomic E-state index is 9.69. The van der Waals surface area contributed by atoms with Gasteiger partial charge in [-0.15, -0.1) is 11.8 Å². The number of aromatic hydroxyl groups is 1. The number of phenols is 1. The summed E-state index contributed by atoms with van der Waals surface area (Å²) in [4.78, 5) is 0.938. The Kier molecular flexibility index (Phi) is 3.75. The third kappa shape index (κ3) is 3.04. The Morgan fingerprint density at radius 3 is 2.59 bits per heavy atom. The number of para-hydroxylation sites is 1. The van der Waals surface area contributed by atoms with E-state index >= 15 is 0 Å². The molecule has 1 nitrogen and oxygen atoms in total. The van der Waals surface area contributed by atoms with E-state index in [1.165, 1.54) is 16.7 Å². The number of hydrogen-bond donors (Lipinski definition) is 1. The molecule has 0 aliphatic rings. The number of benzene rings is 2. The van der Waals surface area contributed by atoms with E-state index in [9.17, 15) is 5.11 Å². The second-order valence-electron chi connectivity index (χ2n) is 4.19. The predicted molar refractivity (Wildman–Crippen MR) is 73.6 cm³/mol. The molecule has 2 aromatic rings. The topological polar surface area (TPSA) is 20.2 Å².